The first-order valence-corrected chi connectivity index (χ1v) is 7.94. The minimum atomic E-state index is -0.908. The Balaban J connectivity index is 1.98. The molecule has 1 aromatic rings. The lowest BCUT2D eigenvalue weighted by atomic mass is 9.89. The van der Waals surface area contributed by atoms with Crippen LogP contribution in [-0.2, 0) is 20.7 Å². The number of ether oxygens (including phenoxy) is 1. The Kier molecular flexibility index (Phi) is 6.12. The Morgan fingerprint density at radius 1 is 1.17 bits per heavy atom. The summed E-state index contributed by atoms with van der Waals surface area (Å²) in [4.78, 5) is 35.0. The van der Waals surface area contributed by atoms with E-state index in [1.807, 2.05) is 12.2 Å². The molecule has 2 N–H and O–H groups in total. The van der Waals surface area contributed by atoms with Crippen LogP contribution in [0.5, 0.6) is 0 Å². The van der Waals surface area contributed by atoms with E-state index in [1.54, 1.807) is 31.2 Å². The normalized spacial score (nSPS) is 19.5. The molecule has 0 saturated heterocycles. The van der Waals surface area contributed by atoms with E-state index in [9.17, 15) is 19.5 Å². The van der Waals surface area contributed by atoms with Crippen LogP contribution in [0.4, 0.5) is 0 Å². The molecule has 6 nitrogen and oxygen atoms in total. The summed E-state index contributed by atoms with van der Waals surface area (Å²) in [5.74, 6) is -2.14. The molecular formula is C18H21NO5. The van der Waals surface area contributed by atoms with Gasteiger partial charge in [0.1, 0.15) is 0 Å². The zero-order valence-electron chi connectivity index (χ0n) is 13.5. The fourth-order valence-corrected chi connectivity index (χ4v) is 2.65. The summed E-state index contributed by atoms with van der Waals surface area (Å²) in [6.45, 7) is 2.08. The molecule has 2 unspecified atom stereocenters. The summed E-state index contributed by atoms with van der Waals surface area (Å²) >= 11 is 0. The number of carboxylic acids is 1. The number of carbonyl (C=O) groups is 3. The van der Waals surface area contributed by atoms with E-state index in [4.69, 9.17) is 4.74 Å². The molecule has 0 saturated carbocycles. The number of benzene rings is 1. The van der Waals surface area contributed by atoms with Gasteiger partial charge in [-0.1, -0.05) is 24.3 Å². The third-order valence-corrected chi connectivity index (χ3v) is 3.94. The van der Waals surface area contributed by atoms with E-state index in [1.165, 1.54) is 0 Å². The van der Waals surface area contributed by atoms with Crippen LogP contribution >= 0.6 is 0 Å². The van der Waals surface area contributed by atoms with Crippen molar-refractivity contribution >= 4 is 17.8 Å². The zero-order valence-corrected chi connectivity index (χ0v) is 13.5. The number of hydrogen-bond donors (Lipinski definition) is 2. The number of carboxylic acid groups (broad SMARTS) is 1. The second-order valence-corrected chi connectivity index (χ2v) is 5.65. The average Bonchev–Trinajstić information content (AvgIpc) is 2.56. The SMILES string of the molecule is CCOC(=O)Cc1ccc(C(=O)NC2CC=CCC2C(=O)O)cc1. The summed E-state index contributed by atoms with van der Waals surface area (Å²) in [7, 11) is 0. The highest BCUT2D eigenvalue weighted by Gasteiger charge is 2.29. The Morgan fingerprint density at radius 3 is 2.46 bits per heavy atom. The topological polar surface area (TPSA) is 92.7 Å². The lowest BCUT2D eigenvalue weighted by molar-refractivity contribution is -0.143. The lowest BCUT2D eigenvalue weighted by Gasteiger charge is -2.26. The zero-order chi connectivity index (χ0) is 17.5. The summed E-state index contributed by atoms with van der Waals surface area (Å²) in [5.41, 5.74) is 1.19. The first kappa shape index (κ1) is 17.7. The van der Waals surface area contributed by atoms with Crippen molar-refractivity contribution in [3.05, 3.63) is 47.5 Å². The van der Waals surface area contributed by atoms with Crippen molar-refractivity contribution < 1.29 is 24.2 Å². The van der Waals surface area contributed by atoms with Crippen molar-refractivity contribution in [2.45, 2.75) is 32.2 Å². The van der Waals surface area contributed by atoms with Crippen molar-refractivity contribution in [3.63, 3.8) is 0 Å². The van der Waals surface area contributed by atoms with E-state index in [0.717, 1.165) is 5.56 Å². The molecule has 0 aliphatic heterocycles. The van der Waals surface area contributed by atoms with Crippen molar-refractivity contribution in [1.82, 2.24) is 5.32 Å². The molecule has 1 aromatic carbocycles. The molecular weight excluding hydrogens is 310 g/mol. The third-order valence-electron chi connectivity index (χ3n) is 3.94. The smallest absolute Gasteiger partial charge is 0.310 e. The molecule has 0 radical (unpaired) electrons. The maximum Gasteiger partial charge on any atom is 0.310 e. The van der Waals surface area contributed by atoms with Gasteiger partial charge in [0, 0.05) is 11.6 Å². The van der Waals surface area contributed by atoms with E-state index >= 15 is 0 Å². The molecule has 2 rings (SSSR count). The van der Waals surface area contributed by atoms with Crippen molar-refractivity contribution in [2.75, 3.05) is 6.61 Å². The Labute approximate surface area is 140 Å². The van der Waals surface area contributed by atoms with Crippen LogP contribution in [-0.4, -0.2) is 35.6 Å². The van der Waals surface area contributed by atoms with Gasteiger partial charge in [-0.2, -0.15) is 0 Å². The van der Waals surface area contributed by atoms with Gasteiger partial charge >= 0.3 is 11.9 Å². The predicted molar refractivity (Wildman–Crippen MR) is 87.5 cm³/mol. The molecule has 0 bridgehead atoms. The van der Waals surface area contributed by atoms with Gasteiger partial charge in [-0.15, -0.1) is 0 Å². The number of allylic oxidation sites excluding steroid dienone is 1. The molecule has 0 fully saturated rings. The van der Waals surface area contributed by atoms with Crippen LogP contribution in [0.2, 0.25) is 0 Å². The van der Waals surface area contributed by atoms with E-state index in [2.05, 4.69) is 5.32 Å². The van der Waals surface area contributed by atoms with Crippen molar-refractivity contribution in [1.29, 1.82) is 0 Å². The highest BCUT2D eigenvalue weighted by molar-refractivity contribution is 5.94. The molecule has 24 heavy (non-hydrogen) atoms. The Hall–Kier alpha value is -2.63. The van der Waals surface area contributed by atoms with Crippen LogP contribution in [0.25, 0.3) is 0 Å². The van der Waals surface area contributed by atoms with Crippen LogP contribution in [0, 0.1) is 5.92 Å². The quantitative estimate of drug-likeness (QED) is 0.614. The van der Waals surface area contributed by atoms with E-state index in [-0.39, 0.29) is 18.3 Å². The van der Waals surface area contributed by atoms with Gasteiger partial charge < -0.3 is 15.2 Å². The van der Waals surface area contributed by atoms with E-state index in [0.29, 0.717) is 25.0 Å². The predicted octanol–water partition coefficient (Wildman–Crippen LogP) is 1.94. The van der Waals surface area contributed by atoms with Crippen LogP contribution in [0.3, 0.4) is 0 Å². The molecule has 2 atom stereocenters. The minimum Gasteiger partial charge on any atom is -0.481 e. The number of aliphatic carboxylic acids is 1. The third kappa shape index (κ3) is 4.68. The Morgan fingerprint density at radius 2 is 1.83 bits per heavy atom. The average molecular weight is 331 g/mol. The van der Waals surface area contributed by atoms with Gasteiger partial charge in [-0.25, -0.2) is 0 Å². The van der Waals surface area contributed by atoms with Crippen LogP contribution in [0.15, 0.2) is 36.4 Å². The first-order valence-electron chi connectivity index (χ1n) is 7.94. The second kappa shape index (κ2) is 8.29. The van der Waals surface area contributed by atoms with Crippen LogP contribution < -0.4 is 5.32 Å². The summed E-state index contributed by atoms with van der Waals surface area (Å²) in [6.07, 6.45) is 4.78. The molecule has 1 amide bonds. The molecule has 0 spiro atoms. The number of hydrogen-bond acceptors (Lipinski definition) is 4. The highest BCUT2D eigenvalue weighted by Crippen LogP contribution is 2.20. The Bertz CT molecular complexity index is 635. The largest absolute Gasteiger partial charge is 0.481 e. The molecule has 0 aromatic heterocycles. The molecule has 6 heteroatoms. The standard InChI is InChI=1S/C18H21NO5/c1-2-24-16(20)11-12-7-9-13(10-8-12)17(21)19-15-6-4-3-5-14(15)18(22)23/h3-4,7-10,14-15H,2,5-6,11H2,1H3,(H,19,21)(H,22,23). The summed E-state index contributed by atoms with van der Waals surface area (Å²) in [6, 6.07) is 6.22. The van der Waals surface area contributed by atoms with Gasteiger partial charge in [0.15, 0.2) is 0 Å². The second-order valence-electron chi connectivity index (χ2n) is 5.65. The molecule has 128 valence electrons. The minimum absolute atomic E-state index is 0.157. The number of carbonyl (C=O) groups excluding carboxylic acids is 2. The molecule has 1 aliphatic carbocycles. The van der Waals surface area contributed by atoms with Crippen molar-refractivity contribution in [2.24, 2.45) is 5.92 Å². The van der Waals surface area contributed by atoms with Gasteiger partial charge in [-0.3, -0.25) is 14.4 Å². The maximum atomic E-state index is 12.3. The fourth-order valence-electron chi connectivity index (χ4n) is 2.65. The monoisotopic (exact) mass is 331 g/mol. The number of amides is 1. The fraction of sp³-hybridized carbons (Fsp3) is 0.389. The van der Waals surface area contributed by atoms with Gasteiger partial charge in [0.05, 0.1) is 18.9 Å². The highest BCUT2D eigenvalue weighted by atomic mass is 16.5. The van der Waals surface area contributed by atoms with Crippen LogP contribution in [0.1, 0.15) is 35.7 Å². The van der Waals surface area contributed by atoms with E-state index < -0.39 is 17.9 Å². The number of rotatable bonds is 6. The molecule has 0 heterocycles. The first-order chi connectivity index (χ1) is 11.5. The number of esters is 1. The van der Waals surface area contributed by atoms with Gasteiger partial charge in [0.25, 0.3) is 5.91 Å². The lowest BCUT2D eigenvalue weighted by Crippen LogP contribution is -2.44. The van der Waals surface area contributed by atoms with Gasteiger partial charge in [0.2, 0.25) is 0 Å². The van der Waals surface area contributed by atoms with Gasteiger partial charge in [-0.05, 0) is 37.5 Å². The van der Waals surface area contributed by atoms with Crippen molar-refractivity contribution in [3.8, 4) is 0 Å². The maximum absolute atomic E-state index is 12.3. The molecule has 1 aliphatic rings. The summed E-state index contributed by atoms with van der Waals surface area (Å²) in [5, 5.41) is 12.0. The number of nitrogens with one attached hydrogen (secondary N) is 1. The summed E-state index contributed by atoms with van der Waals surface area (Å²) < 4.78 is 4.88.